The monoisotopic (exact) mass is 391 g/mol. The molecule has 1 aromatic heterocycles. The van der Waals surface area contributed by atoms with E-state index in [2.05, 4.69) is 15.5 Å². The van der Waals surface area contributed by atoms with Gasteiger partial charge in [0.15, 0.2) is 6.61 Å². The maximum absolute atomic E-state index is 12.3. The molecular formula is C23H25N3O3. The predicted molar refractivity (Wildman–Crippen MR) is 113 cm³/mol. The van der Waals surface area contributed by atoms with Crippen molar-refractivity contribution in [3.05, 3.63) is 65.2 Å². The van der Waals surface area contributed by atoms with Gasteiger partial charge in [0.25, 0.3) is 5.91 Å². The molecule has 0 saturated carbocycles. The van der Waals surface area contributed by atoms with Crippen molar-refractivity contribution in [2.24, 2.45) is 0 Å². The lowest BCUT2D eigenvalue weighted by Crippen LogP contribution is -2.20. The molecule has 0 aliphatic heterocycles. The second-order valence-electron chi connectivity index (χ2n) is 6.83. The molecular weight excluding hydrogens is 366 g/mol. The van der Waals surface area contributed by atoms with Crippen LogP contribution in [0.15, 0.2) is 48.5 Å². The number of aryl methyl sites for hydroxylation is 3. The molecule has 3 rings (SSSR count). The third-order valence-corrected chi connectivity index (χ3v) is 4.35. The van der Waals surface area contributed by atoms with E-state index in [4.69, 9.17) is 9.47 Å². The van der Waals surface area contributed by atoms with Crippen LogP contribution in [-0.2, 0) is 4.79 Å². The molecule has 0 fully saturated rings. The van der Waals surface area contributed by atoms with Crippen LogP contribution in [-0.4, -0.2) is 29.3 Å². The van der Waals surface area contributed by atoms with Crippen LogP contribution >= 0.6 is 0 Å². The van der Waals surface area contributed by atoms with E-state index < -0.39 is 0 Å². The van der Waals surface area contributed by atoms with Crippen molar-refractivity contribution in [2.75, 3.05) is 18.5 Å². The number of carbonyl (C=O) groups is 1. The maximum atomic E-state index is 12.3. The first-order valence-corrected chi connectivity index (χ1v) is 9.53. The van der Waals surface area contributed by atoms with Crippen molar-refractivity contribution < 1.29 is 14.3 Å². The minimum absolute atomic E-state index is 0.0448. The molecule has 6 nitrogen and oxygen atoms in total. The summed E-state index contributed by atoms with van der Waals surface area (Å²) in [7, 11) is 0. The van der Waals surface area contributed by atoms with E-state index in [0.717, 1.165) is 28.1 Å². The molecule has 0 spiro atoms. The zero-order valence-electron chi connectivity index (χ0n) is 17.2. The molecule has 0 aliphatic rings. The highest BCUT2D eigenvalue weighted by Crippen LogP contribution is 2.25. The zero-order valence-corrected chi connectivity index (χ0v) is 17.2. The smallest absolute Gasteiger partial charge is 0.262 e. The van der Waals surface area contributed by atoms with Crippen LogP contribution in [0.25, 0.3) is 11.3 Å². The molecule has 3 aromatic rings. The normalized spacial score (nSPS) is 10.5. The number of benzene rings is 2. The fourth-order valence-electron chi connectivity index (χ4n) is 3.15. The van der Waals surface area contributed by atoms with Gasteiger partial charge in [0.2, 0.25) is 5.88 Å². The van der Waals surface area contributed by atoms with Crippen molar-refractivity contribution in [2.45, 2.75) is 27.7 Å². The number of aromatic nitrogens is 2. The van der Waals surface area contributed by atoms with Gasteiger partial charge in [-0.3, -0.25) is 4.79 Å². The lowest BCUT2D eigenvalue weighted by molar-refractivity contribution is -0.118. The third kappa shape index (κ3) is 5.31. The van der Waals surface area contributed by atoms with Gasteiger partial charge in [-0.05, 0) is 57.0 Å². The predicted octanol–water partition coefficient (Wildman–Crippen LogP) is 4.49. The lowest BCUT2D eigenvalue weighted by Gasteiger charge is -2.13. The number of hydrogen-bond donors (Lipinski definition) is 1. The van der Waals surface area contributed by atoms with Crippen LogP contribution in [0, 0.1) is 20.8 Å². The van der Waals surface area contributed by atoms with E-state index in [-0.39, 0.29) is 12.5 Å². The van der Waals surface area contributed by atoms with Gasteiger partial charge >= 0.3 is 0 Å². The average Bonchev–Trinajstić information content (AvgIpc) is 2.69. The number of nitrogens with zero attached hydrogens (tertiary/aromatic N) is 2. The van der Waals surface area contributed by atoms with Gasteiger partial charge in [-0.2, -0.15) is 0 Å². The van der Waals surface area contributed by atoms with Crippen LogP contribution in [0.4, 0.5) is 5.69 Å². The number of hydrogen-bond acceptors (Lipinski definition) is 5. The minimum atomic E-state index is -0.210. The maximum Gasteiger partial charge on any atom is 0.262 e. The van der Waals surface area contributed by atoms with Crippen LogP contribution in [0.1, 0.15) is 23.6 Å². The first kappa shape index (κ1) is 20.3. The number of carbonyl (C=O) groups excluding carboxylic acids is 1. The van der Waals surface area contributed by atoms with Gasteiger partial charge in [-0.25, -0.2) is 0 Å². The summed E-state index contributed by atoms with van der Waals surface area (Å²) in [6.45, 7) is 8.41. The fourth-order valence-corrected chi connectivity index (χ4v) is 3.15. The van der Waals surface area contributed by atoms with Gasteiger partial charge in [0.1, 0.15) is 5.75 Å². The number of anilines is 1. The van der Waals surface area contributed by atoms with Gasteiger partial charge in [0.05, 0.1) is 12.3 Å². The van der Waals surface area contributed by atoms with E-state index in [0.29, 0.717) is 18.2 Å². The first-order chi connectivity index (χ1) is 14.0. The molecule has 0 saturated heterocycles. The summed E-state index contributed by atoms with van der Waals surface area (Å²) >= 11 is 0. The Labute approximate surface area is 170 Å². The Morgan fingerprint density at radius 3 is 2.21 bits per heavy atom. The Morgan fingerprint density at radius 2 is 1.62 bits per heavy atom. The first-order valence-electron chi connectivity index (χ1n) is 9.53. The number of ether oxygens (including phenoxy) is 2. The summed E-state index contributed by atoms with van der Waals surface area (Å²) in [6.07, 6.45) is 0. The van der Waals surface area contributed by atoms with Crippen LogP contribution in [0.5, 0.6) is 11.6 Å². The summed E-state index contributed by atoms with van der Waals surface area (Å²) in [5, 5.41) is 11.0. The molecule has 0 bridgehead atoms. The molecule has 1 heterocycles. The van der Waals surface area contributed by atoms with Crippen LogP contribution < -0.4 is 14.8 Å². The van der Waals surface area contributed by atoms with E-state index in [9.17, 15) is 4.79 Å². The summed E-state index contributed by atoms with van der Waals surface area (Å²) < 4.78 is 11.0. The highest BCUT2D eigenvalue weighted by Gasteiger charge is 2.09. The van der Waals surface area contributed by atoms with Gasteiger partial charge < -0.3 is 14.8 Å². The molecule has 0 atom stereocenters. The van der Waals surface area contributed by atoms with E-state index in [1.54, 1.807) is 6.07 Å². The van der Waals surface area contributed by atoms with Crippen LogP contribution in [0.2, 0.25) is 0 Å². The van der Waals surface area contributed by atoms with Crippen molar-refractivity contribution in [3.63, 3.8) is 0 Å². The Morgan fingerprint density at radius 1 is 0.931 bits per heavy atom. The molecule has 6 heteroatoms. The molecule has 1 N–H and O–H groups in total. The zero-order chi connectivity index (χ0) is 20.8. The average molecular weight is 391 g/mol. The highest BCUT2D eigenvalue weighted by atomic mass is 16.5. The second-order valence-corrected chi connectivity index (χ2v) is 6.83. The molecule has 0 aliphatic carbocycles. The largest absolute Gasteiger partial charge is 0.483 e. The Hall–Kier alpha value is -3.41. The number of nitrogens with one attached hydrogen (secondary N) is 1. The third-order valence-electron chi connectivity index (χ3n) is 4.35. The van der Waals surface area contributed by atoms with Crippen molar-refractivity contribution in [3.8, 4) is 22.9 Å². The van der Waals surface area contributed by atoms with E-state index in [1.165, 1.54) is 5.56 Å². The topological polar surface area (TPSA) is 73.3 Å². The Bertz CT molecular complexity index is 960. The van der Waals surface area contributed by atoms with Gasteiger partial charge in [-0.1, -0.05) is 29.8 Å². The molecule has 0 unspecified atom stereocenters. The highest BCUT2D eigenvalue weighted by molar-refractivity contribution is 5.92. The summed E-state index contributed by atoms with van der Waals surface area (Å²) in [5.41, 5.74) is 5.56. The fraction of sp³-hybridized carbons (Fsp3) is 0.261. The number of amides is 1. The molecule has 2 aromatic carbocycles. The summed E-state index contributed by atoms with van der Waals surface area (Å²) in [6, 6.07) is 15.1. The quantitative estimate of drug-likeness (QED) is 0.643. The number of rotatable bonds is 7. The second kappa shape index (κ2) is 9.19. The van der Waals surface area contributed by atoms with E-state index in [1.807, 2.05) is 70.2 Å². The van der Waals surface area contributed by atoms with Gasteiger partial charge in [0, 0.05) is 17.3 Å². The summed E-state index contributed by atoms with van der Waals surface area (Å²) in [4.78, 5) is 12.3. The SMILES string of the molecule is CCOc1ccc(-c2ccc(NC(=O)COc3c(C)cc(C)cc3C)cc2)nn1. The Balaban J connectivity index is 1.59. The lowest BCUT2D eigenvalue weighted by atomic mass is 10.1. The van der Waals surface area contributed by atoms with Crippen LogP contribution in [0.3, 0.4) is 0 Å². The van der Waals surface area contributed by atoms with E-state index >= 15 is 0 Å². The van der Waals surface area contributed by atoms with Crippen molar-refractivity contribution in [1.29, 1.82) is 0 Å². The minimum Gasteiger partial charge on any atom is -0.483 e. The van der Waals surface area contributed by atoms with Crippen molar-refractivity contribution in [1.82, 2.24) is 10.2 Å². The Kier molecular flexibility index (Phi) is 6.44. The van der Waals surface area contributed by atoms with Gasteiger partial charge in [-0.15, -0.1) is 10.2 Å². The standard InChI is InChI=1S/C23H25N3O3/c1-5-28-22-11-10-20(25-26-22)18-6-8-19(9-7-18)24-21(27)14-29-23-16(3)12-15(2)13-17(23)4/h6-13H,5,14H2,1-4H3,(H,24,27). The molecule has 150 valence electrons. The molecule has 29 heavy (non-hydrogen) atoms. The molecule has 0 radical (unpaired) electrons. The van der Waals surface area contributed by atoms with Crippen molar-refractivity contribution >= 4 is 11.6 Å². The molecule has 1 amide bonds. The summed E-state index contributed by atoms with van der Waals surface area (Å²) in [5.74, 6) is 1.05.